The number of nitrogens with zero attached hydrogens (tertiary/aromatic N) is 1. The van der Waals surface area contributed by atoms with Crippen molar-refractivity contribution in [3.05, 3.63) is 23.2 Å². The van der Waals surface area contributed by atoms with Crippen LogP contribution in [-0.4, -0.2) is 37.8 Å². The zero-order valence-corrected chi connectivity index (χ0v) is 14.7. The highest BCUT2D eigenvalue weighted by molar-refractivity contribution is 7.89. The highest BCUT2D eigenvalue weighted by Gasteiger charge is 2.29. The highest BCUT2D eigenvalue weighted by atomic mass is 35.5. The number of amides is 1. The molecule has 23 heavy (non-hydrogen) atoms. The van der Waals surface area contributed by atoms with Crippen LogP contribution in [0.3, 0.4) is 0 Å². The molecule has 6 nitrogen and oxygen atoms in total. The summed E-state index contributed by atoms with van der Waals surface area (Å²) in [6.07, 6.45) is 2.56. The van der Waals surface area contributed by atoms with Crippen molar-refractivity contribution in [1.82, 2.24) is 4.31 Å². The first-order valence-corrected chi connectivity index (χ1v) is 9.47. The number of carbonyl (C=O) groups excluding carboxylic acids is 1. The number of rotatable bonds is 6. The summed E-state index contributed by atoms with van der Waals surface area (Å²) in [5, 5.41) is 2.85. The summed E-state index contributed by atoms with van der Waals surface area (Å²) in [5.74, 6) is -0.200. The van der Waals surface area contributed by atoms with Gasteiger partial charge < -0.3 is 11.1 Å². The number of anilines is 1. The molecule has 0 aromatic heterocycles. The molecule has 1 saturated heterocycles. The Bertz CT molecular complexity index is 671. The summed E-state index contributed by atoms with van der Waals surface area (Å²) in [5.41, 5.74) is 6.04. The van der Waals surface area contributed by atoms with Crippen molar-refractivity contribution in [1.29, 1.82) is 0 Å². The molecule has 1 amide bonds. The van der Waals surface area contributed by atoms with E-state index in [4.69, 9.17) is 17.3 Å². The summed E-state index contributed by atoms with van der Waals surface area (Å²) < 4.78 is 26.7. The molecule has 1 atom stereocenters. The summed E-state index contributed by atoms with van der Waals surface area (Å²) in [4.78, 5) is 11.9. The van der Waals surface area contributed by atoms with Gasteiger partial charge in [0.1, 0.15) is 4.90 Å². The lowest BCUT2D eigenvalue weighted by Gasteiger charge is -2.17. The number of nitrogens with two attached hydrogens (primary N) is 1. The number of hydrogen-bond donors (Lipinski definition) is 2. The zero-order valence-electron chi connectivity index (χ0n) is 13.1. The Kier molecular flexibility index (Phi) is 6.02. The molecule has 0 spiro atoms. The average molecular weight is 360 g/mol. The normalized spacial score (nSPS) is 17.2. The maximum atomic E-state index is 12.6. The molecule has 1 aliphatic rings. The van der Waals surface area contributed by atoms with Crippen molar-refractivity contribution in [2.75, 3.05) is 18.4 Å². The van der Waals surface area contributed by atoms with Gasteiger partial charge in [-0.1, -0.05) is 11.6 Å². The van der Waals surface area contributed by atoms with Gasteiger partial charge in [-0.25, -0.2) is 8.42 Å². The lowest BCUT2D eigenvalue weighted by atomic mass is 10.2. The van der Waals surface area contributed by atoms with Crippen LogP contribution in [0, 0.1) is 0 Å². The second-order valence-corrected chi connectivity index (χ2v) is 8.13. The van der Waals surface area contributed by atoms with E-state index >= 15 is 0 Å². The molecule has 8 heteroatoms. The molecule has 0 bridgehead atoms. The molecule has 1 aromatic rings. The molecular formula is C15H22ClN3O3S. The van der Waals surface area contributed by atoms with Crippen LogP contribution in [0.1, 0.15) is 32.6 Å². The van der Waals surface area contributed by atoms with Gasteiger partial charge >= 0.3 is 0 Å². The molecule has 0 saturated carbocycles. The Hall–Kier alpha value is -1.15. The Morgan fingerprint density at radius 2 is 2.04 bits per heavy atom. The van der Waals surface area contributed by atoms with Crippen LogP contribution < -0.4 is 11.1 Å². The number of benzene rings is 1. The number of sulfonamides is 1. The van der Waals surface area contributed by atoms with Crippen LogP contribution in [0.5, 0.6) is 0 Å². The molecule has 1 heterocycles. The van der Waals surface area contributed by atoms with Crippen LogP contribution in [0.25, 0.3) is 0 Å². The summed E-state index contributed by atoms with van der Waals surface area (Å²) in [7, 11) is -3.62. The molecule has 128 valence electrons. The molecule has 0 radical (unpaired) electrons. The Morgan fingerprint density at radius 1 is 1.39 bits per heavy atom. The van der Waals surface area contributed by atoms with E-state index in [1.54, 1.807) is 6.07 Å². The van der Waals surface area contributed by atoms with Gasteiger partial charge in [-0.2, -0.15) is 4.31 Å². The van der Waals surface area contributed by atoms with E-state index in [0.29, 0.717) is 25.2 Å². The van der Waals surface area contributed by atoms with Gasteiger partial charge in [0.15, 0.2) is 0 Å². The van der Waals surface area contributed by atoms with Crippen molar-refractivity contribution in [3.8, 4) is 0 Å². The van der Waals surface area contributed by atoms with Crippen LogP contribution in [0.4, 0.5) is 5.69 Å². The Labute approximate surface area is 142 Å². The topological polar surface area (TPSA) is 92.5 Å². The van der Waals surface area contributed by atoms with E-state index in [9.17, 15) is 13.2 Å². The lowest BCUT2D eigenvalue weighted by Crippen LogP contribution is -2.28. The van der Waals surface area contributed by atoms with E-state index in [2.05, 4.69) is 5.32 Å². The standard InChI is InChI=1S/C15H22ClN3O3S/c1-11(17)4-7-15(20)18-12-5-6-13(16)14(10-12)23(21,22)19-8-2-3-9-19/h5-6,10-11H,2-4,7-9,17H2,1H3,(H,18,20). The third kappa shape index (κ3) is 4.67. The number of nitrogens with one attached hydrogen (secondary N) is 1. The van der Waals surface area contributed by atoms with Crippen LogP contribution in [-0.2, 0) is 14.8 Å². The molecule has 1 fully saturated rings. The third-order valence-electron chi connectivity index (χ3n) is 3.72. The monoisotopic (exact) mass is 359 g/mol. The van der Waals surface area contributed by atoms with Gasteiger partial charge in [-0.3, -0.25) is 4.79 Å². The van der Waals surface area contributed by atoms with Gasteiger partial charge in [0.2, 0.25) is 15.9 Å². The molecule has 3 N–H and O–H groups in total. The molecule has 1 aliphatic heterocycles. The predicted molar refractivity (Wildman–Crippen MR) is 91.0 cm³/mol. The number of halogens is 1. The number of hydrogen-bond acceptors (Lipinski definition) is 4. The quantitative estimate of drug-likeness (QED) is 0.814. The fraction of sp³-hybridized carbons (Fsp3) is 0.533. The largest absolute Gasteiger partial charge is 0.328 e. The minimum Gasteiger partial charge on any atom is -0.328 e. The predicted octanol–water partition coefficient (Wildman–Crippen LogP) is 2.19. The molecule has 0 aliphatic carbocycles. The van der Waals surface area contributed by atoms with Crippen molar-refractivity contribution < 1.29 is 13.2 Å². The first-order valence-electron chi connectivity index (χ1n) is 7.66. The minimum atomic E-state index is -3.62. The van der Waals surface area contributed by atoms with Crippen molar-refractivity contribution in [2.45, 2.75) is 43.5 Å². The summed E-state index contributed by atoms with van der Waals surface area (Å²) in [6, 6.07) is 4.44. The third-order valence-corrected chi connectivity index (χ3v) is 6.10. The first kappa shape index (κ1) is 18.2. The van der Waals surface area contributed by atoms with Crippen molar-refractivity contribution >= 4 is 33.2 Å². The van der Waals surface area contributed by atoms with E-state index in [0.717, 1.165) is 12.8 Å². The van der Waals surface area contributed by atoms with E-state index in [1.807, 2.05) is 6.92 Å². The smallest absolute Gasteiger partial charge is 0.244 e. The zero-order chi connectivity index (χ0) is 17.0. The molecule has 2 rings (SSSR count). The maximum absolute atomic E-state index is 12.6. The van der Waals surface area contributed by atoms with Crippen molar-refractivity contribution in [2.24, 2.45) is 5.73 Å². The van der Waals surface area contributed by atoms with Gasteiger partial charge in [0, 0.05) is 31.2 Å². The highest BCUT2D eigenvalue weighted by Crippen LogP contribution is 2.29. The van der Waals surface area contributed by atoms with Gasteiger partial charge in [-0.15, -0.1) is 0 Å². The van der Waals surface area contributed by atoms with E-state index in [-0.39, 0.29) is 28.3 Å². The molecule has 1 unspecified atom stereocenters. The van der Waals surface area contributed by atoms with Crippen molar-refractivity contribution in [3.63, 3.8) is 0 Å². The van der Waals surface area contributed by atoms with Gasteiger partial charge in [0.25, 0.3) is 0 Å². The Morgan fingerprint density at radius 3 is 2.65 bits per heavy atom. The first-order chi connectivity index (χ1) is 10.8. The van der Waals surface area contributed by atoms with Crippen LogP contribution in [0.15, 0.2) is 23.1 Å². The van der Waals surface area contributed by atoms with Crippen LogP contribution >= 0.6 is 11.6 Å². The van der Waals surface area contributed by atoms with Gasteiger partial charge in [-0.05, 0) is 44.4 Å². The van der Waals surface area contributed by atoms with Gasteiger partial charge in [0.05, 0.1) is 5.02 Å². The fourth-order valence-corrected chi connectivity index (χ4v) is 4.45. The van der Waals surface area contributed by atoms with E-state index < -0.39 is 10.0 Å². The molecular weight excluding hydrogens is 338 g/mol. The fourth-order valence-electron chi connectivity index (χ4n) is 2.43. The lowest BCUT2D eigenvalue weighted by molar-refractivity contribution is -0.116. The maximum Gasteiger partial charge on any atom is 0.244 e. The number of carbonyl (C=O) groups is 1. The second-order valence-electron chi connectivity index (χ2n) is 5.82. The average Bonchev–Trinajstić information content (AvgIpc) is 3.02. The minimum absolute atomic E-state index is 0.0334. The van der Waals surface area contributed by atoms with E-state index in [1.165, 1.54) is 16.4 Å². The second kappa shape index (κ2) is 7.61. The van der Waals surface area contributed by atoms with Crippen LogP contribution in [0.2, 0.25) is 5.02 Å². The SMILES string of the molecule is CC(N)CCC(=O)Nc1ccc(Cl)c(S(=O)(=O)N2CCCC2)c1. The summed E-state index contributed by atoms with van der Waals surface area (Å²) >= 11 is 6.06. The molecule has 1 aromatic carbocycles. The Balaban J connectivity index is 2.17. The summed E-state index contributed by atoms with van der Waals surface area (Å²) in [6.45, 7) is 2.84.